The average Bonchev–Trinajstić information content (AvgIpc) is 2.93. The summed E-state index contributed by atoms with van der Waals surface area (Å²) in [5.74, 6) is 0. The molecule has 0 aliphatic heterocycles. The highest BCUT2D eigenvalue weighted by molar-refractivity contribution is 7.15. The quantitative estimate of drug-likeness (QED) is 0.582. The van der Waals surface area contributed by atoms with E-state index in [9.17, 15) is 0 Å². The van der Waals surface area contributed by atoms with Gasteiger partial charge in [0, 0.05) is 25.2 Å². The van der Waals surface area contributed by atoms with Crippen LogP contribution in [0.1, 0.15) is 20.9 Å². The molecule has 0 aromatic carbocycles. The van der Waals surface area contributed by atoms with E-state index in [1.54, 1.807) is 22.7 Å². The molecule has 0 radical (unpaired) electrons. The molecule has 0 spiro atoms. The molecule has 0 saturated carbocycles. The minimum absolute atomic E-state index is 1.11. The summed E-state index contributed by atoms with van der Waals surface area (Å²) in [6.07, 6.45) is 0. The molecule has 0 atom stereocenters. The standard InChI is InChI=1S/C12H10N2S2/c1-13-9-7-3-5-16-12(7)10(14-2)8-4-6-15-11(8)9/h3-6H,1-2H3. The molecule has 3 rings (SSSR count). The lowest BCUT2D eigenvalue weighted by Crippen LogP contribution is -2.17. The SMILES string of the molecule is CN=C1c2ccsc2C(=NC)c2ccsc21. The first-order valence-electron chi connectivity index (χ1n) is 4.97. The van der Waals surface area contributed by atoms with E-state index < -0.39 is 0 Å². The number of fused-ring (bicyclic) bond motifs is 2. The maximum Gasteiger partial charge on any atom is 0.0837 e. The molecule has 4 heteroatoms. The summed E-state index contributed by atoms with van der Waals surface area (Å²) in [5.41, 5.74) is 4.66. The zero-order valence-electron chi connectivity index (χ0n) is 9.02. The van der Waals surface area contributed by atoms with Crippen molar-refractivity contribution in [1.82, 2.24) is 0 Å². The Morgan fingerprint density at radius 1 is 0.812 bits per heavy atom. The molecule has 2 aromatic heterocycles. The molecule has 80 valence electrons. The van der Waals surface area contributed by atoms with Gasteiger partial charge in [-0.3, -0.25) is 9.98 Å². The fourth-order valence-corrected chi connectivity index (χ4v) is 3.94. The van der Waals surface area contributed by atoms with Gasteiger partial charge in [0.2, 0.25) is 0 Å². The monoisotopic (exact) mass is 246 g/mol. The lowest BCUT2D eigenvalue weighted by Gasteiger charge is -2.16. The van der Waals surface area contributed by atoms with Crippen LogP contribution in [0.15, 0.2) is 32.9 Å². The van der Waals surface area contributed by atoms with Crippen LogP contribution in [-0.4, -0.2) is 25.5 Å². The summed E-state index contributed by atoms with van der Waals surface area (Å²) in [4.78, 5) is 11.3. The third-order valence-corrected chi connectivity index (χ3v) is 4.56. The molecule has 1 aliphatic rings. The number of hydrogen-bond donors (Lipinski definition) is 0. The lowest BCUT2D eigenvalue weighted by atomic mass is 9.95. The van der Waals surface area contributed by atoms with Crippen molar-refractivity contribution in [1.29, 1.82) is 0 Å². The van der Waals surface area contributed by atoms with Gasteiger partial charge in [-0.2, -0.15) is 0 Å². The summed E-state index contributed by atoms with van der Waals surface area (Å²) >= 11 is 3.47. The van der Waals surface area contributed by atoms with E-state index in [1.165, 1.54) is 20.9 Å². The Bertz CT molecular complexity index is 507. The van der Waals surface area contributed by atoms with Crippen LogP contribution >= 0.6 is 22.7 Å². The van der Waals surface area contributed by atoms with Gasteiger partial charge >= 0.3 is 0 Å². The smallest absolute Gasteiger partial charge is 0.0837 e. The first-order chi connectivity index (χ1) is 7.86. The van der Waals surface area contributed by atoms with E-state index in [0.29, 0.717) is 0 Å². The lowest BCUT2D eigenvalue weighted by molar-refractivity contribution is 1.40. The normalized spacial score (nSPS) is 18.9. The minimum Gasteiger partial charge on any atom is -0.286 e. The molecule has 2 nitrogen and oxygen atoms in total. The number of rotatable bonds is 0. The average molecular weight is 246 g/mol. The van der Waals surface area contributed by atoms with Crippen molar-refractivity contribution in [2.24, 2.45) is 9.98 Å². The molecule has 0 N–H and O–H groups in total. The summed E-state index contributed by atoms with van der Waals surface area (Å²) in [6, 6.07) is 4.27. The van der Waals surface area contributed by atoms with E-state index in [-0.39, 0.29) is 0 Å². The zero-order chi connectivity index (χ0) is 11.1. The summed E-state index contributed by atoms with van der Waals surface area (Å²) in [7, 11) is 3.71. The van der Waals surface area contributed by atoms with Gasteiger partial charge in [0.25, 0.3) is 0 Å². The maximum atomic E-state index is 4.42. The topological polar surface area (TPSA) is 24.7 Å². The minimum atomic E-state index is 1.11. The highest BCUT2D eigenvalue weighted by Gasteiger charge is 2.27. The largest absolute Gasteiger partial charge is 0.286 e. The van der Waals surface area contributed by atoms with Crippen molar-refractivity contribution in [3.63, 3.8) is 0 Å². The van der Waals surface area contributed by atoms with Crippen LogP contribution in [0, 0.1) is 0 Å². The second-order valence-corrected chi connectivity index (χ2v) is 5.30. The number of thiophene rings is 2. The van der Waals surface area contributed by atoms with Gasteiger partial charge in [0.05, 0.1) is 21.2 Å². The van der Waals surface area contributed by atoms with Crippen molar-refractivity contribution in [2.75, 3.05) is 14.1 Å². The van der Waals surface area contributed by atoms with Crippen LogP contribution in [0.3, 0.4) is 0 Å². The van der Waals surface area contributed by atoms with Crippen molar-refractivity contribution in [3.05, 3.63) is 43.8 Å². The molecule has 0 amide bonds. The fraction of sp³-hybridized carbons (Fsp3) is 0.167. The van der Waals surface area contributed by atoms with Crippen molar-refractivity contribution in [2.45, 2.75) is 0 Å². The molecule has 16 heavy (non-hydrogen) atoms. The van der Waals surface area contributed by atoms with E-state index in [2.05, 4.69) is 32.9 Å². The number of nitrogens with zero attached hydrogens (tertiary/aromatic N) is 2. The van der Waals surface area contributed by atoms with Gasteiger partial charge in [0.15, 0.2) is 0 Å². The van der Waals surface area contributed by atoms with E-state index in [0.717, 1.165) is 11.4 Å². The Morgan fingerprint density at radius 2 is 1.25 bits per heavy atom. The molecular weight excluding hydrogens is 236 g/mol. The summed E-state index contributed by atoms with van der Waals surface area (Å²) in [6.45, 7) is 0. The predicted octanol–water partition coefficient (Wildman–Crippen LogP) is 3.06. The molecule has 0 saturated heterocycles. The second-order valence-electron chi connectivity index (χ2n) is 3.47. The highest BCUT2D eigenvalue weighted by atomic mass is 32.1. The predicted molar refractivity (Wildman–Crippen MR) is 71.8 cm³/mol. The number of hydrogen-bond acceptors (Lipinski definition) is 4. The molecule has 0 fully saturated rings. The van der Waals surface area contributed by atoms with Crippen molar-refractivity contribution in [3.8, 4) is 0 Å². The first kappa shape index (κ1) is 9.93. The van der Waals surface area contributed by atoms with Crippen LogP contribution in [0.25, 0.3) is 0 Å². The Balaban J connectivity index is 2.38. The van der Waals surface area contributed by atoms with Crippen LogP contribution in [0.4, 0.5) is 0 Å². The van der Waals surface area contributed by atoms with Gasteiger partial charge in [0.1, 0.15) is 0 Å². The zero-order valence-corrected chi connectivity index (χ0v) is 10.7. The van der Waals surface area contributed by atoms with Crippen molar-refractivity contribution >= 4 is 34.1 Å². The third kappa shape index (κ3) is 1.17. The fourth-order valence-electron chi connectivity index (χ4n) is 2.05. The first-order valence-corrected chi connectivity index (χ1v) is 6.72. The van der Waals surface area contributed by atoms with Gasteiger partial charge in [-0.25, -0.2) is 0 Å². The molecule has 2 heterocycles. The Labute approximate surface area is 102 Å². The van der Waals surface area contributed by atoms with Gasteiger partial charge in [-0.05, 0) is 22.9 Å². The third-order valence-electron chi connectivity index (χ3n) is 2.72. The molecule has 0 bridgehead atoms. The van der Waals surface area contributed by atoms with Crippen LogP contribution in [0.5, 0.6) is 0 Å². The Kier molecular flexibility index (Phi) is 2.26. The van der Waals surface area contributed by atoms with Gasteiger partial charge in [-0.15, -0.1) is 22.7 Å². The molecule has 0 unspecified atom stereocenters. The maximum absolute atomic E-state index is 4.42. The molecular formula is C12H10N2S2. The highest BCUT2D eigenvalue weighted by Crippen LogP contribution is 2.34. The number of aliphatic imine (C=N–C) groups is 2. The van der Waals surface area contributed by atoms with E-state index in [1.807, 2.05) is 14.1 Å². The van der Waals surface area contributed by atoms with Crippen LogP contribution in [-0.2, 0) is 0 Å². The van der Waals surface area contributed by atoms with Crippen LogP contribution in [0.2, 0.25) is 0 Å². The summed E-state index contributed by atoms with van der Waals surface area (Å²) < 4.78 is 0. The van der Waals surface area contributed by atoms with Gasteiger partial charge in [-0.1, -0.05) is 0 Å². The second kappa shape index (κ2) is 3.64. The Hall–Kier alpha value is -1.26. The van der Waals surface area contributed by atoms with E-state index >= 15 is 0 Å². The van der Waals surface area contributed by atoms with Crippen molar-refractivity contribution < 1.29 is 0 Å². The summed E-state index contributed by atoms with van der Waals surface area (Å²) in [5, 5.41) is 4.22. The molecule has 1 aliphatic carbocycles. The van der Waals surface area contributed by atoms with Crippen LogP contribution < -0.4 is 0 Å². The molecule has 2 aromatic rings. The van der Waals surface area contributed by atoms with Gasteiger partial charge < -0.3 is 0 Å². The Morgan fingerprint density at radius 3 is 1.62 bits per heavy atom. The van der Waals surface area contributed by atoms with E-state index in [4.69, 9.17) is 0 Å².